The predicted molar refractivity (Wildman–Crippen MR) is 116 cm³/mol. The monoisotopic (exact) mass is 424 g/mol. The number of rotatable bonds is 3. The van der Waals surface area contributed by atoms with E-state index in [1.54, 1.807) is 36.5 Å². The van der Waals surface area contributed by atoms with Gasteiger partial charge in [0.15, 0.2) is 0 Å². The molecule has 0 aliphatic carbocycles. The second-order valence-corrected chi connectivity index (χ2v) is 9.34. The maximum atomic E-state index is 14.0. The van der Waals surface area contributed by atoms with Crippen LogP contribution in [0.2, 0.25) is 0 Å². The van der Waals surface area contributed by atoms with Gasteiger partial charge in [0.05, 0.1) is 15.9 Å². The first-order chi connectivity index (χ1) is 14.4. The molecule has 154 valence electrons. The third-order valence-corrected chi connectivity index (χ3v) is 7.17. The van der Waals surface area contributed by atoms with Gasteiger partial charge in [-0.1, -0.05) is 12.1 Å². The molecule has 0 unspecified atom stereocenters. The molecule has 0 atom stereocenters. The van der Waals surface area contributed by atoms with Crippen molar-refractivity contribution >= 4 is 37.6 Å². The molecule has 30 heavy (non-hydrogen) atoms. The van der Waals surface area contributed by atoms with E-state index in [1.807, 2.05) is 13.0 Å². The van der Waals surface area contributed by atoms with Crippen LogP contribution in [0.3, 0.4) is 0 Å². The zero-order chi connectivity index (χ0) is 20.9. The average Bonchev–Trinajstić information content (AvgIpc) is 3.20. The van der Waals surface area contributed by atoms with Crippen LogP contribution in [-0.4, -0.2) is 43.6 Å². The number of aryl methyl sites for hydroxylation is 1. The average molecular weight is 425 g/mol. The molecule has 3 heterocycles. The Balaban J connectivity index is 1.82. The fraction of sp³-hybridized carbons (Fsp3) is 0.227. The maximum absolute atomic E-state index is 14.0. The predicted octanol–water partition coefficient (Wildman–Crippen LogP) is 3.28. The van der Waals surface area contributed by atoms with E-state index in [2.05, 4.69) is 10.2 Å². The number of nitrogens with zero attached hydrogens (tertiary/aromatic N) is 3. The lowest BCUT2D eigenvalue weighted by Crippen LogP contribution is -2.44. The lowest BCUT2D eigenvalue weighted by atomic mass is 10.1. The van der Waals surface area contributed by atoms with E-state index in [-0.39, 0.29) is 4.90 Å². The van der Waals surface area contributed by atoms with Crippen molar-refractivity contribution in [3.63, 3.8) is 0 Å². The summed E-state index contributed by atoms with van der Waals surface area (Å²) in [6.07, 6.45) is 1.57. The molecule has 0 amide bonds. The van der Waals surface area contributed by atoms with Crippen LogP contribution < -0.4 is 10.2 Å². The number of benzene rings is 2. The van der Waals surface area contributed by atoms with Crippen LogP contribution in [0.25, 0.3) is 21.8 Å². The minimum absolute atomic E-state index is 0.218. The van der Waals surface area contributed by atoms with Gasteiger partial charge in [0.1, 0.15) is 11.6 Å². The Labute approximate surface area is 174 Å². The van der Waals surface area contributed by atoms with Crippen molar-refractivity contribution in [1.82, 2.24) is 14.3 Å². The fourth-order valence-corrected chi connectivity index (χ4v) is 5.51. The smallest absolute Gasteiger partial charge is 0.268 e. The second-order valence-electron chi connectivity index (χ2n) is 7.53. The Hall–Kier alpha value is -2.97. The van der Waals surface area contributed by atoms with Gasteiger partial charge in [-0.2, -0.15) is 0 Å². The van der Waals surface area contributed by atoms with E-state index in [9.17, 15) is 12.8 Å². The normalized spacial score (nSPS) is 15.2. The summed E-state index contributed by atoms with van der Waals surface area (Å²) in [5.41, 5.74) is 1.83. The van der Waals surface area contributed by atoms with Crippen molar-refractivity contribution in [3.8, 4) is 0 Å². The van der Waals surface area contributed by atoms with Crippen LogP contribution in [0.4, 0.5) is 10.2 Å². The Kier molecular flexibility index (Phi) is 4.48. The van der Waals surface area contributed by atoms with Crippen molar-refractivity contribution in [2.45, 2.75) is 11.8 Å². The minimum Gasteiger partial charge on any atom is -0.353 e. The van der Waals surface area contributed by atoms with E-state index in [1.165, 1.54) is 16.1 Å². The molecule has 0 spiro atoms. The molecule has 1 saturated heterocycles. The molecule has 0 bridgehead atoms. The second kappa shape index (κ2) is 7.07. The maximum Gasteiger partial charge on any atom is 0.268 e. The number of piperazine rings is 1. The highest BCUT2D eigenvalue weighted by atomic mass is 32.2. The molecule has 1 aliphatic heterocycles. The van der Waals surface area contributed by atoms with Crippen molar-refractivity contribution in [3.05, 3.63) is 66.1 Å². The first-order valence-electron chi connectivity index (χ1n) is 9.83. The third-order valence-electron chi connectivity index (χ3n) is 5.50. The van der Waals surface area contributed by atoms with E-state index in [0.29, 0.717) is 22.2 Å². The summed E-state index contributed by atoms with van der Waals surface area (Å²) in [5.74, 6) is 0.281. The van der Waals surface area contributed by atoms with E-state index >= 15 is 0 Å². The van der Waals surface area contributed by atoms with E-state index in [4.69, 9.17) is 4.98 Å². The molecule has 2 aromatic heterocycles. The number of pyridine rings is 1. The lowest BCUT2D eigenvalue weighted by Gasteiger charge is -2.29. The summed E-state index contributed by atoms with van der Waals surface area (Å²) in [4.78, 5) is 7.06. The molecule has 6 nitrogen and oxygen atoms in total. The van der Waals surface area contributed by atoms with Crippen molar-refractivity contribution in [2.75, 3.05) is 31.1 Å². The van der Waals surface area contributed by atoms with Gasteiger partial charge >= 0.3 is 0 Å². The number of hydrogen-bond donors (Lipinski definition) is 1. The molecule has 2 aromatic carbocycles. The summed E-state index contributed by atoms with van der Waals surface area (Å²) in [6, 6.07) is 12.9. The van der Waals surface area contributed by atoms with Gasteiger partial charge in [0, 0.05) is 49.2 Å². The first kappa shape index (κ1) is 19.0. The number of aromatic nitrogens is 2. The Bertz CT molecular complexity index is 1370. The van der Waals surface area contributed by atoms with Crippen molar-refractivity contribution in [1.29, 1.82) is 0 Å². The molecular formula is C22H21FN4O2S. The van der Waals surface area contributed by atoms with E-state index < -0.39 is 15.8 Å². The van der Waals surface area contributed by atoms with Crippen LogP contribution in [0.15, 0.2) is 59.6 Å². The van der Waals surface area contributed by atoms with Crippen LogP contribution in [0.5, 0.6) is 0 Å². The van der Waals surface area contributed by atoms with Crippen molar-refractivity contribution in [2.24, 2.45) is 0 Å². The van der Waals surface area contributed by atoms with Crippen molar-refractivity contribution < 1.29 is 12.8 Å². The van der Waals surface area contributed by atoms with Gasteiger partial charge in [-0.25, -0.2) is 21.8 Å². The van der Waals surface area contributed by atoms with Crippen LogP contribution in [0, 0.1) is 12.7 Å². The van der Waals surface area contributed by atoms with Gasteiger partial charge in [0.25, 0.3) is 10.0 Å². The molecule has 8 heteroatoms. The topological polar surface area (TPSA) is 67.2 Å². The summed E-state index contributed by atoms with van der Waals surface area (Å²) in [6.45, 7) is 4.98. The zero-order valence-electron chi connectivity index (χ0n) is 16.5. The summed E-state index contributed by atoms with van der Waals surface area (Å²) >= 11 is 0. The van der Waals surface area contributed by atoms with Crippen LogP contribution in [0.1, 0.15) is 5.56 Å². The quantitative estimate of drug-likeness (QED) is 0.547. The molecule has 0 radical (unpaired) electrons. The standard InChI is InChI=1S/C22H21FN4O2S/c1-15-3-2-4-17(13-15)30(28,29)27-10-7-19-21(27)18-6-5-16(23)14-20(18)25-22(19)26-11-8-24-9-12-26/h2-7,10,13-14,24H,8-9,11-12H2,1H3. The highest BCUT2D eigenvalue weighted by molar-refractivity contribution is 7.90. The molecule has 0 saturated carbocycles. The fourth-order valence-electron chi connectivity index (χ4n) is 4.04. The SMILES string of the molecule is Cc1cccc(S(=O)(=O)n2ccc3c(N4CCNCC4)nc4cc(F)ccc4c32)c1. The third kappa shape index (κ3) is 3.03. The first-order valence-corrected chi connectivity index (χ1v) is 11.3. The number of nitrogens with one attached hydrogen (secondary N) is 1. The molecule has 1 aliphatic rings. The summed E-state index contributed by atoms with van der Waals surface area (Å²) in [7, 11) is -3.83. The van der Waals surface area contributed by atoms with E-state index in [0.717, 1.165) is 37.1 Å². The van der Waals surface area contributed by atoms with Crippen LogP contribution in [-0.2, 0) is 10.0 Å². The molecule has 1 N–H and O–H groups in total. The Morgan fingerprint density at radius 2 is 1.83 bits per heavy atom. The number of fused-ring (bicyclic) bond motifs is 3. The molecular weight excluding hydrogens is 403 g/mol. The Morgan fingerprint density at radius 3 is 2.60 bits per heavy atom. The largest absolute Gasteiger partial charge is 0.353 e. The Morgan fingerprint density at radius 1 is 1.03 bits per heavy atom. The number of anilines is 1. The van der Waals surface area contributed by atoms with Gasteiger partial charge in [-0.3, -0.25) is 0 Å². The summed E-state index contributed by atoms with van der Waals surface area (Å²) in [5, 5.41) is 4.65. The molecule has 5 rings (SSSR count). The van der Waals surface area contributed by atoms with Gasteiger partial charge in [0.2, 0.25) is 0 Å². The lowest BCUT2D eigenvalue weighted by molar-refractivity contribution is 0.586. The minimum atomic E-state index is -3.83. The molecule has 4 aromatic rings. The number of hydrogen-bond acceptors (Lipinski definition) is 5. The molecule has 1 fully saturated rings. The highest BCUT2D eigenvalue weighted by Crippen LogP contribution is 2.34. The van der Waals surface area contributed by atoms with Crippen LogP contribution >= 0.6 is 0 Å². The van der Waals surface area contributed by atoms with Gasteiger partial charge in [-0.05, 0) is 42.8 Å². The highest BCUT2D eigenvalue weighted by Gasteiger charge is 2.24. The van der Waals surface area contributed by atoms with Gasteiger partial charge < -0.3 is 10.2 Å². The summed E-state index contributed by atoms with van der Waals surface area (Å²) < 4.78 is 42.3. The zero-order valence-corrected chi connectivity index (χ0v) is 17.3. The van der Waals surface area contributed by atoms with Gasteiger partial charge in [-0.15, -0.1) is 0 Å². The number of halogens is 1.